The van der Waals surface area contributed by atoms with Crippen molar-refractivity contribution in [1.29, 1.82) is 0 Å². The van der Waals surface area contributed by atoms with Gasteiger partial charge in [0.1, 0.15) is 5.54 Å². The summed E-state index contributed by atoms with van der Waals surface area (Å²) in [4.78, 5) is 11.7. The summed E-state index contributed by atoms with van der Waals surface area (Å²) in [6.07, 6.45) is 1.62. The maximum absolute atomic E-state index is 12.3. The summed E-state index contributed by atoms with van der Waals surface area (Å²) >= 11 is 5.79. The summed E-state index contributed by atoms with van der Waals surface area (Å²) in [5.74, 6) is -1.56. The van der Waals surface area contributed by atoms with E-state index in [1.54, 1.807) is 48.5 Å². The van der Waals surface area contributed by atoms with E-state index in [-0.39, 0.29) is 12.3 Å². The molecule has 1 aliphatic carbocycles. The van der Waals surface area contributed by atoms with Gasteiger partial charge in [-0.2, -0.15) is 4.72 Å². The number of nitrogens with one attached hydrogen (secondary N) is 1. The Balaban J connectivity index is 1.79. The first-order valence-corrected chi connectivity index (χ1v) is 9.51. The van der Waals surface area contributed by atoms with Crippen molar-refractivity contribution in [3.63, 3.8) is 0 Å². The molecule has 0 bridgehead atoms. The highest BCUT2D eigenvalue weighted by Crippen LogP contribution is 2.52. The number of aliphatic carboxylic acids is 1. The Morgan fingerprint density at radius 3 is 2.40 bits per heavy atom. The Morgan fingerprint density at radius 1 is 1.16 bits per heavy atom. The quantitative estimate of drug-likeness (QED) is 0.809. The van der Waals surface area contributed by atoms with Crippen LogP contribution in [0, 0.1) is 0 Å². The molecular formula is C18H16ClNO4S. The van der Waals surface area contributed by atoms with Gasteiger partial charge in [-0.3, -0.25) is 4.79 Å². The third kappa shape index (κ3) is 3.92. The number of carboxylic acids is 1. The van der Waals surface area contributed by atoms with Gasteiger partial charge in [0, 0.05) is 16.3 Å². The van der Waals surface area contributed by atoms with Gasteiger partial charge in [0.05, 0.1) is 0 Å². The Hall–Kier alpha value is -2.15. The van der Waals surface area contributed by atoms with Crippen molar-refractivity contribution in [1.82, 2.24) is 4.72 Å². The first-order chi connectivity index (χ1) is 11.8. The van der Waals surface area contributed by atoms with E-state index in [0.29, 0.717) is 10.6 Å². The van der Waals surface area contributed by atoms with E-state index >= 15 is 0 Å². The zero-order chi connectivity index (χ0) is 18.1. The summed E-state index contributed by atoms with van der Waals surface area (Å²) in [6, 6.07) is 15.7. The van der Waals surface area contributed by atoms with Crippen LogP contribution < -0.4 is 4.72 Å². The van der Waals surface area contributed by atoms with E-state index in [9.17, 15) is 18.3 Å². The highest BCUT2D eigenvalue weighted by Gasteiger charge is 2.63. The molecule has 1 saturated carbocycles. The summed E-state index contributed by atoms with van der Waals surface area (Å²) in [5.41, 5.74) is -0.0475. The second-order valence-corrected chi connectivity index (χ2v) is 7.95. The van der Waals surface area contributed by atoms with E-state index in [1.807, 2.05) is 6.07 Å². The minimum Gasteiger partial charge on any atom is -0.480 e. The third-order valence-corrected chi connectivity index (χ3v) is 5.57. The van der Waals surface area contributed by atoms with Crippen LogP contribution in [-0.2, 0) is 14.8 Å². The van der Waals surface area contributed by atoms with Gasteiger partial charge in [0.2, 0.25) is 10.0 Å². The number of hydrogen-bond acceptors (Lipinski definition) is 3. The lowest BCUT2D eigenvalue weighted by atomic mass is 10.1. The monoisotopic (exact) mass is 377 g/mol. The maximum Gasteiger partial charge on any atom is 0.325 e. The summed E-state index contributed by atoms with van der Waals surface area (Å²) in [5, 5.41) is 11.1. The molecular weight excluding hydrogens is 362 g/mol. The lowest BCUT2D eigenvalue weighted by Crippen LogP contribution is -2.43. The number of carbonyl (C=O) groups is 1. The predicted octanol–water partition coefficient (Wildman–Crippen LogP) is 3.24. The Kier molecular flexibility index (Phi) is 4.69. The first-order valence-electron chi connectivity index (χ1n) is 7.58. The smallest absolute Gasteiger partial charge is 0.325 e. The van der Waals surface area contributed by atoms with E-state index in [2.05, 4.69) is 4.72 Å². The van der Waals surface area contributed by atoms with Crippen molar-refractivity contribution in [3.05, 3.63) is 76.2 Å². The van der Waals surface area contributed by atoms with E-state index in [4.69, 9.17) is 11.6 Å². The van der Waals surface area contributed by atoms with Crippen molar-refractivity contribution >= 4 is 33.7 Å². The molecule has 0 amide bonds. The van der Waals surface area contributed by atoms with Gasteiger partial charge in [-0.15, -0.1) is 0 Å². The molecule has 0 spiro atoms. The van der Waals surface area contributed by atoms with Gasteiger partial charge in [-0.05, 0) is 35.8 Å². The van der Waals surface area contributed by atoms with Crippen LogP contribution in [0.4, 0.5) is 0 Å². The maximum atomic E-state index is 12.3. The van der Waals surface area contributed by atoms with Crippen LogP contribution in [0.1, 0.15) is 23.5 Å². The normalized spacial score (nSPS) is 22.8. The van der Waals surface area contributed by atoms with Crippen LogP contribution >= 0.6 is 11.6 Å². The predicted molar refractivity (Wildman–Crippen MR) is 96.7 cm³/mol. The number of sulfonamides is 1. The fourth-order valence-electron chi connectivity index (χ4n) is 2.77. The fraction of sp³-hybridized carbons (Fsp3) is 0.167. The highest BCUT2D eigenvalue weighted by atomic mass is 35.5. The van der Waals surface area contributed by atoms with E-state index < -0.39 is 21.5 Å². The van der Waals surface area contributed by atoms with Gasteiger partial charge < -0.3 is 5.11 Å². The Labute approximate surface area is 151 Å². The van der Waals surface area contributed by atoms with E-state index in [1.165, 1.54) is 6.08 Å². The number of rotatable bonds is 6. The number of hydrogen-bond donors (Lipinski definition) is 2. The lowest BCUT2D eigenvalue weighted by molar-refractivity contribution is -0.140. The molecule has 0 radical (unpaired) electrons. The molecule has 130 valence electrons. The zero-order valence-electron chi connectivity index (χ0n) is 13.1. The largest absolute Gasteiger partial charge is 0.480 e. The molecule has 0 heterocycles. The van der Waals surface area contributed by atoms with Crippen LogP contribution in [0.3, 0.4) is 0 Å². The minimum atomic E-state index is -3.92. The number of carboxylic acid groups (broad SMARTS) is 1. The molecule has 2 N–H and O–H groups in total. The molecule has 2 aromatic rings. The van der Waals surface area contributed by atoms with Gasteiger partial charge in [-0.1, -0.05) is 54.1 Å². The molecule has 0 saturated heterocycles. The standard InChI is InChI=1S/C18H16ClNO4S/c19-15-8-6-13(7-9-15)10-11-25(23,24)20-18(17(21)22)12-16(18)14-4-2-1-3-5-14/h1-11,16,20H,12H2,(H,21,22)/b11-10+/t16-,18+/m1/s1. The number of benzene rings is 2. The summed E-state index contributed by atoms with van der Waals surface area (Å²) < 4.78 is 27.0. The first kappa shape index (κ1) is 17.7. The fourth-order valence-corrected chi connectivity index (χ4v) is 4.12. The highest BCUT2D eigenvalue weighted by molar-refractivity contribution is 7.92. The molecule has 1 aliphatic rings. The molecule has 0 aromatic heterocycles. The van der Waals surface area contributed by atoms with Crippen molar-refractivity contribution < 1.29 is 18.3 Å². The van der Waals surface area contributed by atoms with Gasteiger partial charge in [0.25, 0.3) is 0 Å². The van der Waals surface area contributed by atoms with E-state index in [0.717, 1.165) is 11.0 Å². The molecule has 3 rings (SSSR count). The van der Waals surface area contributed by atoms with Gasteiger partial charge >= 0.3 is 5.97 Å². The van der Waals surface area contributed by atoms with Crippen LogP contribution in [0.25, 0.3) is 6.08 Å². The molecule has 0 aliphatic heterocycles. The van der Waals surface area contributed by atoms with Crippen LogP contribution in [0.5, 0.6) is 0 Å². The van der Waals surface area contributed by atoms with Crippen molar-refractivity contribution in [2.24, 2.45) is 0 Å². The van der Waals surface area contributed by atoms with Crippen molar-refractivity contribution in [2.75, 3.05) is 0 Å². The molecule has 2 aromatic carbocycles. The third-order valence-electron chi connectivity index (χ3n) is 4.18. The summed E-state index contributed by atoms with van der Waals surface area (Å²) in [6.45, 7) is 0. The average molecular weight is 378 g/mol. The average Bonchev–Trinajstić information content (AvgIpc) is 3.30. The van der Waals surface area contributed by atoms with Crippen molar-refractivity contribution in [2.45, 2.75) is 17.9 Å². The van der Waals surface area contributed by atoms with Crippen molar-refractivity contribution in [3.8, 4) is 0 Å². The summed E-state index contributed by atoms with van der Waals surface area (Å²) in [7, 11) is -3.92. The topological polar surface area (TPSA) is 83.5 Å². The Bertz CT molecular complexity index is 910. The molecule has 0 unspecified atom stereocenters. The SMILES string of the molecule is O=C(O)[C@]1(NS(=O)(=O)/C=C/c2ccc(Cl)cc2)C[C@@H]1c1ccccc1. The molecule has 1 fully saturated rings. The lowest BCUT2D eigenvalue weighted by Gasteiger charge is -2.13. The second kappa shape index (κ2) is 6.63. The molecule has 25 heavy (non-hydrogen) atoms. The van der Waals surface area contributed by atoms with Crippen LogP contribution in [0.15, 0.2) is 60.0 Å². The molecule has 5 nitrogen and oxygen atoms in total. The minimum absolute atomic E-state index is 0.223. The molecule has 7 heteroatoms. The number of halogens is 1. The second-order valence-electron chi connectivity index (χ2n) is 5.95. The zero-order valence-corrected chi connectivity index (χ0v) is 14.7. The molecule has 2 atom stereocenters. The van der Waals surface area contributed by atoms with Crippen LogP contribution in [-0.4, -0.2) is 25.0 Å². The Morgan fingerprint density at radius 2 is 1.80 bits per heavy atom. The van der Waals surface area contributed by atoms with Gasteiger partial charge in [-0.25, -0.2) is 8.42 Å². The van der Waals surface area contributed by atoms with Gasteiger partial charge in [0.15, 0.2) is 0 Å². The van der Waals surface area contributed by atoms with Crippen LogP contribution in [0.2, 0.25) is 5.02 Å².